The Morgan fingerprint density at radius 3 is 2.65 bits per heavy atom. The molecule has 0 radical (unpaired) electrons. The van der Waals surface area contributed by atoms with Gasteiger partial charge in [0.25, 0.3) is 0 Å². The first-order valence-corrected chi connectivity index (χ1v) is 7.22. The number of anilines is 1. The fraction of sp³-hybridized carbons (Fsp3) is 0.583. The van der Waals surface area contributed by atoms with Gasteiger partial charge < -0.3 is 15.7 Å². The molecule has 1 aromatic heterocycles. The van der Waals surface area contributed by atoms with Crippen LogP contribution in [-0.4, -0.2) is 29.0 Å². The van der Waals surface area contributed by atoms with Crippen molar-refractivity contribution in [2.24, 2.45) is 11.7 Å². The van der Waals surface area contributed by atoms with Gasteiger partial charge in [-0.3, -0.25) is 14.9 Å². The number of carbonyl (C=O) groups excluding carboxylic acids is 1. The number of hydrogen-bond donors (Lipinski definition) is 2. The molecule has 0 saturated carbocycles. The van der Waals surface area contributed by atoms with Crippen LogP contribution in [0.1, 0.15) is 30.7 Å². The van der Waals surface area contributed by atoms with Crippen LogP contribution in [0.15, 0.2) is 6.07 Å². The summed E-state index contributed by atoms with van der Waals surface area (Å²) in [6.45, 7) is 2.71. The maximum Gasteiger partial charge on any atom is 0.304 e. The molecule has 0 aliphatic carbocycles. The molecule has 2 heterocycles. The Labute approximate surface area is 120 Å². The molecule has 1 amide bonds. The van der Waals surface area contributed by atoms with Gasteiger partial charge in [-0.25, -0.2) is 0 Å². The zero-order valence-corrected chi connectivity index (χ0v) is 11.9. The third-order valence-corrected chi connectivity index (χ3v) is 4.86. The number of rotatable bonds is 4. The Kier molecular flexibility index (Phi) is 4.24. The van der Waals surface area contributed by atoms with Crippen molar-refractivity contribution in [2.75, 3.05) is 18.0 Å². The third kappa shape index (κ3) is 2.91. The van der Waals surface area contributed by atoms with E-state index in [-0.39, 0.29) is 17.5 Å². The van der Waals surface area contributed by atoms with E-state index in [4.69, 9.17) is 5.73 Å². The van der Waals surface area contributed by atoms with Crippen LogP contribution in [-0.2, 0) is 4.79 Å². The average molecular weight is 299 g/mol. The van der Waals surface area contributed by atoms with Gasteiger partial charge in [0.05, 0.1) is 11.0 Å². The SMILES string of the molecule is C[C@@H](O)c1cc([N+](=O)[O-])c(N2CCC(C(N)=O)CC2)s1. The number of carbonyl (C=O) groups is 1. The number of piperidine rings is 1. The lowest BCUT2D eigenvalue weighted by Crippen LogP contribution is -2.38. The van der Waals surface area contributed by atoms with E-state index >= 15 is 0 Å². The number of amides is 1. The van der Waals surface area contributed by atoms with Crippen LogP contribution in [0.2, 0.25) is 0 Å². The van der Waals surface area contributed by atoms with Crippen molar-refractivity contribution in [2.45, 2.75) is 25.9 Å². The van der Waals surface area contributed by atoms with Gasteiger partial charge in [0.1, 0.15) is 0 Å². The maximum absolute atomic E-state index is 11.1. The van der Waals surface area contributed by atoms with Crippen molar-refractivity contribution in [1.29, 1.82) is 0 Å². The highest BCUT2D eigenvalue weighted by molar-refractivity contribution is 7.16. The van der Waals surface area contributed by atoms with E-state index in [0.717, 1.165) is 0 Å². The molecular weight excluding hydrogens is 282 g/mol. The predicted molar refractivity (Wildman–Crippen MR) is 75.7 cm³/mol. The molecule has 0 spiro atoms. The van der Waals surface area contributed by atoms with Crippen LogP contribution < -0.4 is 10.6 Å². The third-order valence-electron chi connectivity index (χ3n) is 3.51. The van der Waals surface area contributed by atoms with Crippen molar-refractivity contribution in [3.8, 4) is 0 Å². The molecule has 8 heteroatoms. The standard InChI is InChI=1S/C12H17N3O4S/c1-7(16)10-6-9(15(18)19)12(20-10)14-4-2-8(3-5-14)11(13)17/h6-8,16H,2-5H2,1H3,(H2,13,17)/t7-/m1/s1. The second-order valence-electron chi connectivity index (χ2n) is 4.94. The minimum Gasteiger partial charge on any atom is -0.388 e. The Morgan fingerprint density at radius 2 is 2.20 bits per heavy atom. The van der Waals surface area contributed by atoms with Crippen LogP contribution in [0.25, 0.3) is 0 Å². The summed E-state index contributed by atoms with van der Waals surface area (Å²) in [5.74, 6) is -0.462. The molecule has 1 aromatic rings. The molecule has 7 nitrogen and oxygen atoms in total. The van der Waals surface area contributed by atoms with Gasteiger partial charge in [-0.1, -0.05) is 0 Å². The second kappa shape index (κ2) is 5.76. The molecular formula is C12H17N3O4S. The number of primary amides is 1. The van der Waals surface area contributed by atoms with Crippen LogP contribution >= 0.6 is 11.3 Å². The van der Waals surface area contributed by atoms with Crippen LogP contribution in [0.3, 0.4) is 0 Å². The van der Waals surface area contributed by atoms with Gasteiger partial charge in [-0.05, 0) is 19.8 Å². The fourth-order valence-electron chi connectivity index (χ4n) is 2.32. The van der Waals surface area contributed by atoms with Gasteiger partial charge in [0, 0.05) is 30.0 Å². The van der Waals surface area contributed by atoms with Gasteiger partial charge in [-0.2, -0.15) is 0 Å². The van der Waals surface area contributed by atoms with E-state index in [2.05, 4.69) is 0 Å². The minimum atomic E-state index is -0.726. The first-order valence-electron chi connectivity index (χ1n) is 6.40. The summed E-state index contributed by atoms with van der Waals surface area (Å²) in [7, 11) is 0. The Morgan fingerprint density at radius 1 is 1.60 bits per heavy atom. The molecule has 1 aliphatic rings. The molecule has 0 aromatic carbocycles. The van der Waals surface area contributed by atoms with Crippen molar-refractivity contribution < 1.29 is 14.8 Å². The van der Waals surface area contributed by atoms with Gasteiger partial charge >= 0.3 is 5.69 Å². The first kappa shape index (κ1) is 14.7. The van der Waals surface area contributed by atoms with Gasteiger partial charge in [-0.15, -0.1) is 11.3 Å². The fourth-order valence-corrected chi connectivity index (χ4v) is 3.43. The monoisotopic (exact) mass is 299 g/mol. The Bertz CT molecular complexity index is 521. The Balaban J connectivity index is 2.20. The first-order chi connectivity index (χ1) is 9.40. The number of nitrogens with zero attached hydrogens (tertiary/aromatic N) is 2. The topological polar surface area (TPSA) is 110 Å². The summed E-state index contributed by atoms with van der Waals surface area (Å²) in [6.07, 6.45) is 0.485. The molecule has 1 atom stereocenters. The summed E-state index contributed by atoms with van der Waals surface area (Å²) in [4.78, 5) is 24.3. The highest BCUT2D eigenvalue weighted by atomic mass is 32.1. The quantitative estimate of drug-likeness (QED) is 0.645. The van der Waals surface area contributed by atoms with E-state index in [0.29, 0.717) is 35.8 Å². The van der Waals surface area contributed by atoms with E-state index in [1.54, 1.807) is 6.92 Å². The summed E-state index contributed by atoms with van der Waals surface area (Å²) in [6, 6.07) is 1.42. The Hall–Kier alpha value is -1.67. The highest BCUT2D eigenvalue weighted by Gasteiger charge is 2.29. The van der Waals surface area contributed by atoms with Crippen molar-refractivity contribution >= 4 is 27.9 Å². The molecule has 2 rings (SSSR count). The van der Waals surface area contributed by atoms with Gasteiger partial charge in [0.2, 0.25) is 5.91 Å². The van der Waals surface area contributed by atoms with Crippen molar-refractivity contribution in [3.05, 3.63) is 21.1 Å². The zero-order valence-electron chi connectivity index (χ0n) is 11.1. The van der Waals surface area contributed by atoms with Crippen LogP contribution in [0.5, 0.6) is 0 Å². The van der Waals surface area contributed by atoms with Gasteiger partial charge in [0.15, 0.2) is 5.00 Å². The molecule has 0 bridgehead atoms. The minimum absolute atomic E-state index is 0.0171. The number of nitro groups is 1. The van der Waals surface area contributed by atoms with Crippen molar-refractivity contribution in [1.82, 2.24) is 0 Å². The number of thiophene rings is 1. The normalized spacial score (nSPS) is 18.0. The van der Waals surface area contributed by atoms with E-state index in [9.17, 15) is 20.0 Å². The number of aliphatic hydroxyl groups is 1. The van der Waals surface area contributed by atoms with E-state index in [1.165, 1.54) is 17.4 Å². The predicted octanol–water partition coefficient (Wildman–Crippen LogP) is 1.41. The molecule has 1 fully saturated rings. The number of hydrogen-bond acceptors (Lipinski definition) is 6. The molecule has 1 saturated heterocycles. The zero-order chi connectivity index (χ0) is 14.9. The second-order valence-corrected chi connectivity index (χ2v) is 6.00. The highest BCUT2D eigenvalue weighted by Crippen LogP contribution is 2.41. The summed E-state index contributed by atoms with van der Waals surface area (Å²) in [5, 5.41) is 21.2. The molecule has 3 N–H and O–H groups in total. The van der Waals surface area contributed by atoms with E-state index in [1.807, 2.05) is 4.90 Å². The summed E-state index contributed by atoms with van der Waals surface area (Å²) < 4.78 is 0. The van der Waals surface area contributed by atoms with Crippen molar-refractivity contribution in [3.63, 3.8) is 0 Å². The average Bonchev–Trinajstić information content (AvgIpc) is 2.84. The summed E-state index contributed by atoms with van der Waals surface area (Å²) >= 11 is 1.23. The molecule has 20 heavy (non-hydrogen) atoms. The number of nitrogens with two attached hydrogens (primary N) is 1. The smallest absolute Gasteiger partial charge is 0.304 e. The molecule has 110 valence electrons. The van der Waals surface area contributed by atoms with Crippen LogP contribution in [0.4, 0.5) is 10.7 Å². The lowest BCUT2D eigenvalue weighted by Gasteiger charge is -2.30. The maximum atomic E-state index is 11.1. The molecule has 0 unspecified atom stereocenters. The lowest BCUT2D eigenvalue weighted by atomic mass is 9.96. The van der Waals surface area contributed by atoms with E-state index < -0.39 is 11.0 Å². The van der Waals surface area contributed by atoms with Crippen LogP contribution in [0, 0.1) is 16.0 Å². The summed E-state index contributed by atoms with van der Waals surface area (Å²) in [5.41, 5.74) is 5.29. The largest absolute Gasteiger partial charge is 0.388 e. The molecule has 1 aliphatic heterocycles. The lowest BCUT2D eigenvalue weighted by molar-refractivity contribution is -0.383. The number of aliphatic hydroxyl groups excluding tert-OH is 1.